The molecule has 0 spiro atoms. The van der Waals surface area contributed by atoms with E-state index in [1.54, 1.807) is 0 Å². The number of aryl methyl sites for hydroxylation is 1. The molecule has 1 N–H and O–H groups in total. The molecule has 3 aromatic rings. The van der Waals surface area contributed by atoms with E-state index >= 15 is 0 Å². The number of nitrogens with one attached hydrogen (secondary N) is 1. The third-order valence-corrected chi connectivity index (χ3v) is 5.71. The molecule has 0 radical (unpaired) electrons. The van der Waals surface area contributed by atoms with Crippen LogP contribution in [0.1, 0.15) is 30.4 Å². The standard InChI is InChI=1S/C23H25ClN2O2/c24-21-9-3-1-6-18(21)16-26-15-17(20-8-2-4-10-22(20)26)11-12-23(27)25-14-19-7-5-13-28-19/h1-4,6,8-10,15,19H,5,7,11-14,16H2,(H,25,27). The third kappa shape index (κ3) is 4.40. The van der Waals surface area contributed by atoms with Crippen molar-refractivity contribution in [3.8, 4) is 0 Å². The molecule has 28 heavy (non-hydrogen) atoms. The summed E-state index contributed by atoms with van der Waals surface area (Å²) < 4.78 is 7.78. The number of carbonyl (C=O) groups is 1. The second-order valence-electron chi connectivity index (χ2n) is 7.33. The van der Waals surface area contributed by atoms with E-state index in [0.29, 0.717) is 25.9 Å². The number of ether oxygens (including phenoxy) is 1. The maximum atomic E-state index is 12.3. The fourth-order valence-electron chi connectivity index (χ4n) is 3.83. The third-order valence-electron chi connectivity index (χ3n) is 5.34. The summed E-state index contributed by atoms with van der Waals surface area (Å²) in [4.78, 5) is 12.3. The highest BCUT2D eigenvalue weighted by molar-refractivity contribution is 6.31. The number of benzene rings is 2. The van der Waals surface area contributed by atoms with Crippen LogP contribution in [0.25, 0.3) is 10.9 Å². The predicted octanol–water partition coefficient (Wildman–Crippen LogP) is 4.57. The van der Waals surface area contributed by atoms with Crippen molar-refractivity contribution < 1.29 is 9.53 Å². The molecule has 1 amide bonds. The number of hydrogen-bond donors (Lipinski definition) is 1. The van der Waals surface area contributed by atoms with Crippen molar-refractivity contribution in [2.75, 3.05) is 13.2 Å². The summed E-state index contributed by atoms with van der Waals surface area (Å²) in [6, 6.07) is 16.3. The Morgan fingerprint density at radius 2 is 1.96 bits per heavy atom. The van der Waals surface area contributed by atoms with Crippen LogP contribution in [0.3, 0.4) is 0 Å². The Morgan fingerprint density at radius 1 is 1.14 bits per heavy atom. The number of aromatic nitrogens is 1. The highest BCUT2D eigenvalue weighted by Gasteiger charge is 2.16. The van der Waals surface area contributed by atoms with Crippen LogP contribution in [0, 0.1) is 0 Å². The quantitative estimate of drug-likeness (QED) is 0.635. The molecule has 5 heteroatoms. The minimum absolute atomic E-state index is 0.0819. The lowest BCUT2D eigenvalue weighted by atomic mass is 10.1. The van der Waals surface area contributed by atoms with E-state index < -0.39 is 0 Å². The number of carbonyl (C=O) groups excluding carboxylic acids is 1. The van der Waals surface area contributed by atoms with Crippen LogP contribution in [0.4, 0.5) is 0 Å². The largest absolute Gasteiger partial charge is 0.376 e. The van der Waals surface area contributed by atoms with Crippen molar-refractivity contribution in [2.24, 2.45) is 0 Å². The fourth-order valence-corrected chi connectivity index (χ4v) is 4.03. The molecule has 0 saturated carbocycles. The van der Waals surface area contributed by atoms with E-state index in [2.05, 4.69) is 34.3 Å². The van der Waals surface area contributed by atoms with Gasteiger partial charge in [0, 0.05) is 48.2 Å². The number of halogens is 1. The molecular weight excluding hydrogens is 372 g/mol. The Bertz CT molecular complexity index is 960. The van der Waals surface area contributed by atoms with Crippen molar-refractivity contribution in [3.05, 3.63) is 70.9 Å². The van der Waals surface area contributed by atoms with Crippen LogP contribution < -0.4 is 5.32 Å². The highest BCUT2D eigenvalue weighted by atomic mass is 35.5. The van der Waals surface area contributed by atoms with Gasteiger partial charge in [-0.1, -0.05) is 48.0 Å². The van der Waals surface area contributed by atoms with Crippen molar-refractivity contribution in [1.82, 2.24) is 9.88 Å². The molecule has 1 atom stereocenters. The zero-order chi connectivity index (χ0) is 19.3. The monoisotopic (exact) mass is 396 g/mol. The maximum Gasteiger partial charge on any atom is 0.220 e. The Labute approximate surface area is 170 Å². The molecule has 146 valence electrons. The van der Waals surface area contributed by atoms with Gasteiger partial charge in [-0.25, -0.2) is 0 Å². The van der Waals surface area contributed by atoms with Crippen LogP contribution in [0.5, 0.6) is 0 Å². The summed E-state index contributed by atoms with van der Waals surface area (Å²) in [5.74, 6) is 0.0819. The zero-order valence-electron chi connectivity index (χ0n) is 15.9. The van der Waals surface area contributed by atoms with E-state index in [-0.39, 0.29) is 12.0 Å². The smallest absolute Gasteiger partial charge is 0.220 e. The molecule has 0 bridgehead atoms. The van der Waals surface area contributed by atoms with Crippen LogP contribution in [0.15, 0.2) is 54.7 Å². The normalized spacial score (nSPS) is 16.5. The highest BCUT2D eigenvalue weighted by Crippen LogP contribution is 2.25. The molecule has 1 aliphatic rings. The summed E-state index contributed by atoms with van der Waals surface area (Å²) in [7, 11) is 0. The first kappa shape index (κ1) is 19.0. The summed E-state index contributed by atoms with van der Waals surface area (Å²) in [5.41, 5.74) is 3.44. The first-order valence-corrected chi connectivity index (χ1v) is 10.3. The summed E-state index contributed by atoms with van der Waals surface area (Å²) in [5, 5.41) is 4.98. The molecule has 1 aromatic heterocycles. The predicted molar refractivity (Wildman–Crippen MR) is 113 cm³/mol. The summed E-state index contributed by atoms with van der Waals surface area (Å²) in [6.07, 6.45) is 5.66. The average Bonchev–Trinajstić information content (AvgIpc) is 3.35. The van der Waals surface area contributed by atoms with Gasteiger partial charge >= 0.3 is 0 Å². The molecule has 1 saturated heterocycles. The molecule has 4 rings (SSSR count). The van der Waals surface area contributed by atoms with Crippen molar-refractivity contribution in [1.29, 1.82) is 0 Å². The minimum atomic E-state index is 0.0819. The van der Waals surface area contributed by atoms with Crippen molar-refractivity contribution in [2.45, 2.75) is 38.3 Å². The average molecular weight is 397 g/mol. The van der Waals surface area contributed by atoms with Crippen LogP contribution in [-0.4, -0.2) is 29.7 Å². The minimum Gasteiger partial charge on any atom is -0.376 e. The lowest BCUT2D eigenvalue weighted by molar-refractivity contribution is -0.121. The fraction of sp³-hybridized carbons (Fsp3) is 0.348. The second kappa shape index (κ2) is 8.80. The second-order valence-corrected chi connectivity index (χ2v) is 7.74. The molecule has 2 heterocycles. The number of fused-ring (bicyclic) bond motifs is 1. The number of amides is 1. The number of nitrogens with zero attached hydrogens (tertiary/aromatic N) is 1. The molecule has 2 aromatic carbocycles. The summed E-state index contributed by atoms with van der Waals surface area (Å²) in [6.45, 7) is 2.14. The number of para-hydroxylation sites is 1. The molecule has 1 aliphatic heterocycles. The van der Waals surface area contributed by atoms with Gasteiger partial charge in [0.05, 0.1) is 6.10 Å². The Hall–Kier alpha value is -2.30. The van der Waals surface area contributed by atoms with E-state index in [1.165, 1.54) is 10.9 Å². The van der Waals surface area contributed by atoms with Gasteiger partial charge in [0.1, 0.15) is 0 Å². The Balaban J connectivity index is 1.45. The van der Waals surface area contributed by atoms with Gasteiger partial charge in [-0.3, -0.25) is 4.79 Å². The zero-order valence-corrected chi connectivity index (χ0v) is 16.6. The van der Waals surface area contributed by atoms with Crippen molar-refractivity contribution in [3.63, 3.8) is 0 Å². The first-order valence-electron chi connectivity index (χ1n) is 9.89. The molecule has 0 aliphatic carbocycles. The lowest BCUT2D eigenvalue weighted by Gasteiger charge is -2.10. The van der Waals surface area contributed by atoms with Crippen LogP contribution in [-0.2, 0) is 22.5 Å². The van der Waals surface area contributed by atoms with Crippen LogP contribution >= 0.6 is 11.6 Å². The van der Waals surface area contributed by atoms with E-state index in [0.717, 1.165) is 35.6 Å². The van der Waals surface area contributed by atoms with Gasteiger partial charge in [-0.2, -0.15) is 0 Å². The van der Waals surface area contributed by atoms with Gasteiger partial charge in [0.25, 0.3) is 0 Å². The van der Waals surface area contributed by atoms with E-state index in [9.17, 15) is 4.79 Å². The maximum absolute atomic E-state index is 12.3. The van der Waals surface area contributed by atoms with E-state index in [1.807, 2.05) is 30.3 Å². The van der Waals surface area contributed by atoms with Gasteiger partial charge in [-0.05, 0) is 42.5 Å². The summed E-state index contributed by atoms with van der Waals surface area (Å²) >= 11 is 6.35. The van der Waals surface area contributed by atoms with E-state index in [4.69, 9.17) is 16.3 Å². The number of hydrogen-bond acceptors (Lipinski definition) is 2. The molecule has 4 nitrogen and oxygen atoms in total. The topological polar surface area (TPSA) is 43.3 Å². The first-order chi connectivity index (χ1) is 13.7. The SMILES string of the molecule is O=C(CCc1cn(Cc2ccccc2Cl)c2ccccc12)NCC1CCCO1. The van der Waals surface area contributed by atoms with Crippen molar-refractivity contribution >= 4 is 28.4 Å². The van der Waals surface area contributed by atoms with Gasteiger partial charge in [-0.15, -0.1) is 0 Å². The van der Waals surface area contributed by atoms with Crippen LogP contribution in [0.2, 0.25) is 5.02 Å². The molecule has 1 fully saturated rings. The molecule has 1 unspecified atom stereocenters. The number of rotatable bonds is 7. The van der Waals surface area contributed by atoms with Gasteiger partial charge in [0.15, 0.2) is 0 Å². The Morgan fingerprint density at radius 3 is 2.79 bits per heavy atom. The molecular formula is C23H25ClN2O2. The van der Waals surface area contributed by atoms with Gasteiger partial charge < -0.3 is 14.6 Å². The Kier molecular flexibility index (Phi) is 5.98. The lowest BCUT2D eigenvalue weighted by Crippen LogP contribution is -2.31. The van der Waals surface area contributed by atoms with Gasteiger partial charge in [0.2, 0.25) is 5.91 Å².